The smallest absolute Gasteiger partial charge is 0.239 e. The predicted molar refractivity (Wildman–Crippen MR) is 69.9 cm³/mol. The lowest BCUT2D eigenvalue weighted by Crippen LogP contribution is -2.56. The Morgan fingerprint density at radius 3 is 2.67 bits per heavy atom. The Labute approximate surface area is 107 Å². The van der Waals surface area contributed by atoms with Gasteiger partial charge >= 0.3 is 0 Å². The Morgan fingerprint density at radius 2 is 2.06 bits per heavy atom. The average molecular weight is 248 g/mol. The molecule has 1 aromatic rings. The van der Waals surface area contributed by atoms with Crippen LogP contribution < -0.4 is 5.73 Å². The highest BCUT2D eigenvalue weighted by atomic mass is 16.3. The number of likely N-dealkylation sites (tertiary alicyclic amines) is 1. The van der Waals surface area contributed by atoms with Crippen LogP contribution in [0.15, 0.2) is 30.3 Å². The number of benzene rings is 1. The standard InChI is InChI=1S/C14H20N2O2/c15-13(7-6-11-4-2-1-3-5-11)14(18)16-8-12(9-16)10-17/h1-5,12-13,17H,6-10,15H2. The van der Waals surface area contributed by atoms with Crippen molar-refractivity contribution in [1.82, 2.24) is 4.90 Å². The Hall–Kier alpha value is -1.39. The largest absolute Gasteiger partial charge is 0.396 e. The molecule has 3 N–H and O–H groups in total. The van der Waals surface area contributed by atoms with Crippen molar-refractivity contribution in [1.29, 1.82) is 0 Å². The quantitative estimate of drug-likeness (QED) is 0.792. The second-order valence-corrected chi connectivity index (χ2v) is 4.92. The van der Waals surface area contributed by atoms with Crippen molar-refractivity contribution < 1.29 is 9.90 Å². The van der Waals surface area contributed by atoms with Crippen LogP contribution in [0.25, 0.3) is 0 Å². The van der Waals surface area contributed by atoms with Crippen molar-refractivity contribution in [2.75, 3.05) is 19.7 Å². The molecular formula is C14H20N2O2. The summed E-state index contributed by atoms with van der Waals surface area (Å²) in [5.74, 6) is 0.255. The van der Waals surface area contributed by atoms with Crippen molar-refractivity contribution in [3.63, 3.8) is 0 Å². The first-order chi connectivity index (χ1) is 8.70. The van der Waals surface area contributed by atoms with Gasteiger partial charge in [-0.3, -0.25) is 4.79 Å². The van der Waals surface area contributed by atoms with Crippen molar-refractivity contribution in [3.8, 4) is 0 Å². The van der Waals surface area contributed by atoms with E-state index in [1.807, 2.05) is 30.3 Å². The van der Waals surface area contributed by atoms with E-state index in [0.29, 0.717) is 19.5 Å². The Balaban J connectivity index is 1.75. The number of amides is 1. The van der Waals surface area contributed by atoms with Gasteiger partial charge in [0, 0.05) is 25.6 Å². The van der Waals surface area contributed by atoms with Crippen LogP contribution in [0.1, 0.15) is 12.0 Å². The molecule has 1 aromatic carbocycles. The van der Waals surface area contributed by atoms with E-state index in [9.17, 15) is 4.79 Å². The van der Waals surface area contributed by atoms with E-state index in [-0.39, 0.29) is 18.4 Å². The molecule has 98 valence electrons. The molecule has 1 aliphatic rings. The highest BCUT2D eigenvalue weighted by molar-refractivity contribution is 5.82. The van der Waals surface area contributed by atoms with Gasteiger partial charge in [0.25, 0.3) is 0 Å². The normalized spacial score (nSPS) is 17.3. The average Bonchev–Trinajstić information content (AvgIpc) is 2.35. The molecule has 1 heterocycles. The minimum atomic E-state index is -0.426. The van der Waals surface area contributed by atoms with Crippen LogP contribution in [0, 0.1) is 5.92 Å². The molecule has 0 radical (unpaired) electrons. The highest BCUT2D eigenvalue weighted by Gasteiger charge is 2.32. The van der Waals surface area contributed by atoms with Gasteiger partial charge in [-0.05, 0) is 18.4 Å². The second kappa shape index (κ2) is 5.98. The molecule has 4 heteroatoms. The van der Waals surface area contributed by atoms with E-state index in [0.717, 1.165) is 6.42 Å². The molecule has 18 heavy (non-hydrogen) atoms. The number of rotatable bonds is 5. The summed E-state index contributed by atoms with van der Waals surface area (Å²) in [5, 5.41) is 8.91. The minimum Gasteiger partial charge on any atom is -0.396 e. The van der Waals surface area contributed by atoms with E-state index in [4.69, 9.17) is 10.8 Å². The third-order valence-corrected chi connectivity index (χ3v) is 3.43. The lowest BCUT2D eigenvalue weighted by Gasteiger charge is -2.39. The second-order valence-electron chi connectivity index (χ2n) is 4.92. The fourth-order valence-corrected chi connectivity index (χ4v) is 2.19. The SMILES string of the molecule is NC(CCc1ccccc1)C(=O)N1CC(CO)C1. The van der Waals surface area contributed by atoms with Crippen molar-refractivity contribution in [2.45, 2.75) is 18.9 Å². The van der Waals surface area contributed by atoms with E-state index in [2.05, 4.69) is 0 Å². The number of aliphatic hydroxyl groups excluding tert-OH is 1. The van der Waals surface area contributed by atoms with Crippen LogP contribution in [-0.2, 0) is 11.2 Å². The van der Waals surface area contributed by atoms with Gasteiger partial charge in [-0.2, -0.15) is 0 Å². The molecule has 0 aromatic heterocycles. The summed E-state index contributed by atoms with van der Waals surface area (Å²) in [7, 11) is 0. The van der Waals surface area contributed by atoms with Gasteiger partial charge in [0.2, 0.25) is 5.91 Å². The van der Waals surface area contributed by atoms with E-state index >= 15 is 0 Å². The van der Waals surface area contributed by atoms with E-state index < -0.39 is 6.04 Å². The first kappa shape index (κ1) is 13.1. The molecule has 1 atom stereocenters. The molecule has 2 rings (SSSR count). The maximum atomic E-state index is 11.9. The Bertz CT molecular complexity index is 388. The van der Waals surface area contributed by atoms with Crippen LogP contribution in [0.3, 0.4) is 0 Å². The maximum absolute atomic E-state index is 11.9. The summed E-state index contributed by atoms with van der Waals surface area (Å²) in [4.78, 5) is 13.7. The van der Waals surface area contributed by atoms with E-state index in [1.165, 1.54) is 5.56 Å². The Kier molecular flexibility index (Phi) is 4.33. The molecule has 1 fully saturated rings. The van der Waals surface area contributed by atoms with Crippen LogP contribution in [0.2, 0.25) is 0 Å². The summed E-state index contributed by atoms with van der Waals surface area (Å²) in [6.45, 7) is 1.45. The van der Waals surface area contributed by atoms with Crippen LogP contribution in [0.4, 0.5) is 0 Å². The lowest BCUT2D eigenvalue weighted by atomic mass is 9.98. The van der Waals surface area contributed by atoms with Gasteiger partial charge in [0.15, 0.2) is 0 Å². The zero-order valence-corrected chi connectivity index (χ0v) is 10.5. The number of hydrogen-bond donors (Lipinski definition) is 2. The number of nitrogens with zero attached hydrogens (tertiary/aromatic N) is 1. The monoisotopic (exact) mass is 248 g/mol. The summed E-state index contributed by atoms with van der Waals surface area (Å²) < 4.78 is 0. The first-order valence-electron chi connectivity index (χ1n) is 6.40. The van der Waals surface area contributed by atoms with Gasteiger partial charge in [0.1, 0.15) is 0 Å². The number of hydrogen-bond acceptors (Lipinski definition) is 3. The first-order valence-corrected chi connectivity index (χ1v) is 6.40. The third-order valence-electron chi connectivity index (χ3n) is 3.43. The zero-order chi connectivity index (χ0) is 13.0. The van der Waals surface area contributed by atoms with Crippen LogP contribution >= 0.6 is 0 Å². The number of aliphatic hydroxyl groups is 1. The van der Waals surface area contributed by atoms with Gasteiger partial charge in [-0.1, -0.05) is 30.3 Å². The topological polar surface area (TPSA) is 66.6 Å². The number of aryl methyl sites for hydroxylation is 1. The van der Waals surface area contributed by atoms with E-state index in [1.54, 1.807) is 4.90 Å². The van der Waals surface area contributed by atoms with Crippen molar-refractivity contribution >= 4 is 5.91 Å². The Morgan fingerprint density at radius 1 is 1.39 bits per heavy atom. The van der Waals surface area contributed by atoms with Gasteiger partial charge < -0.3 is 15.7 Å². The fraction of sp³-hybridized carbons (Fsp3) is 0.500. The minimum absolute atomic E-state index is 0.00984. The number of carbonyl (C=O) groups is 1. The molecule has 0 spiro atoms. The van der Waals surface area contributed by atoms with Gasteiger partial charge in [-0.25, -0.2) is 0 Å². The molecule has 0 saturated carbocycles. The third kappa shape index (κ3) is 3.09. The molecule has 1 amide bonds. The molecule has 4 nitrogen and oxygen atoms in total. The highest BCUT2D eigenvalue weighted by Crippen LogP contribution is 2.16. The van der Waals surface area contributed by atoms with Gasteiger partial charge in [-0.15, -0.1) is 0 Å². The summed E-state index contributed by atoms with van der Waals surface area (Å²) in [6, 6.07) is 9.62. The molecule has 0 bridgehead atoms. The van der Waals surface area contributed by atoms with Crippen LogP contribution in [0.5, 0.6) is 0 Å². The number of carbonyl (C=O) groups excluding carboxylic acids is 1. The zero-order valence-electron chi connectivity index (χ0n) is 10.5. The summed E-state index contributed by atoms with van der Waals surface area (Å²) in [5.41, 5.74) is 7.11. The summed E-state index contributed by atoms with van der Waals surface area (Å²) in [6.07, 6.45) is 1.49. The van der Waals surface area contributed by atoms with Gasteiger partial charge in [0.05, 0.1) is 6.04 Å². The molecule has 0 aliphatic carbocycles. The van der Waals surface area contributed by atoms with Crippen LogP contribution in [-0.4, -0.2) is 41.7 Å². The molecular weight excluding hydrogens is 228 g/mol. The molecule has 1 saturated heterocycles. The predicted octanol–water partition coefficient (Wildman–Crippen LogP) is 0.397. The van der Waals surface area contributed by atoms with Crippen molar-refractivity contribution in [2.24, 2.45) is 11.7 Å². The molecule has 1 aliphatic heterocycles. The maximum Gasteiger partial charge on any atom is 0.239 e. The number of nitrogens with two attached hydrogens (primary N) is 1. The lowest BCUT2D eigenvalue weighted by molar-refractivity contribution is -0.140. The van der Waals surface area contributed by atoms with Crippen molar-refractivity contribution in [3.05, 3.63) is 35.9 Å². The molecule has 1 unspecified atom stereocenters. The fourth-order valence-electron chi connectivity index (χ4n) is 2.19. The summed E-state index contributed by atoms with van der Waals surface area (Å²) >= 11 is 0.